The zero-order valence-electron chi connectivity index (χ0n) is 13.6. The number of aryl methyl sites for hydroxylation is 2. The van der Waals surface area contributed by atoms with Crippen molar-refractivity contribution in [2.75, 3.05) is 19.5 Å². The summed E-state index contributed by atoms with van der Waals surface area (Å²) in [6.45, 7) is 5.07. The number of thiophene rings is 1. The molecule has 0 aliphatic carbocycles. The molecule has 23 heavy (non-hydrogen) atoms. The van der Waals surface area contributed by atoms with Crippen molar-refractivity contribution in [3.63, 3.8) is 0 Å². The zero-order valence-corrected chi connectivity index (χ0v) is 15.3. The highest BCUT2D eigenvalue weighted by Gasteiger charge is 2.16. The summed E-state index contributed by atoms with van der Waals surface area (Å²) in [6.07, 6.45) is 2.72. The first-order valence-corrected chi connectivity index (χ1v) is 9.50. The SMILES string of the molecule is CCc1ccc(-c2c(C)sc3ncnc(SCCOC)c23)cc1. The van der Waals surface area contributed by atoms with Gasteiger partial charge in [0.05, 0.1) is 12.0 Å². The van der Waals surface area contributed by atoms with E-state index < -0.39 is 0 Å². The van der Waals surface area contributed by atoms with Crippen molar-refractivity contribution < 1.29 is 4.74 Å². The number of thioether (sulfide) groups is 1. The van der Waals surface area contributed by atoms with Crippen LogP contribution in [0.25, 0.3) is 21.3 Å². The smallest absolute Gasteiger partial charge is 0.128 e. The standard InChI is InChI=1S/C18H20N2OS2/c1-4-13-5-7-14(8-6-13)15-12(2)23-18-16(15)17(19-11-20-18)22-10-9-21-3/h5-8,11H,4,9-10H2,1-3H3. The molecule has 3 aromatic rings. The normalized spacial score (nSPS) is 11.3. The Morgan fingerprint density at radius 1 is 1.17 bits per heavy atom. The number of fused-ring (bicyclic) bond motifs is 1. The first-order valence-electron chi connectivity index (χ1n) is 7.69. The van der Waals surface area contributed by atoms with Gasteiger partial charge in [-0.3, -0.25) is 0 Å². The molecule has 0 fully saturated rings. The number of hydrogen-bond donors (Lipinski definition) is 0. The van der Waals surface area contributed by atoms with Crippen LogP contribution in [0.15, 0.2) is 35.6 Å². The average Bonchev–Trinajstić information content (AvgIpc) is 2.92. The number of nitrogens with zero attached hydrogens (tertiary/aromatic N) is 2. The maximum Gasteiger partial charge on any atom is 0.128 e. The van der Waals surface area contributed by atoms with Crippen LogP contribution in [0.5, 0.6) is 0 Å². The Labute approximate surface area is 145 Å². The Bertz CT molecular complexity index is 797. The molecule has 2 aromatic heterocycles. The number of aromatic nitrogens is 2. The van der Waals surface area contributed by atoms with Crippen molar-refractivity contribution in [2.24, 2.45) is 0 Å². The Morgan fingerprint density at radius 3 is 2.65 bits per heavy atom. The molecule has 0 bridgehead atoms. The van der Waals surface area contributed by atoms with Gasteiger partial charge in [-0.25, -0.2) is 9.97 Å². The minimum atomic E-state index is 0.722. The van der Waals surface area contributed by atoms with E-state index in [0.29, 0.717) is 0 Å². The molecule has 0 saturated heterocycles. The van der Waals surface area contributed by atoms with Gasteiger partial charge in [0, 0.05) is 23.3 Å². The van der Waals surface area contributed by atoms with Crippen LogP contribution in [0.1, 0.15) is 17.4 Å². The Hall–Kier alpha value is -1.43. The number of hydrogen-bond acceptors (Lipinski definition) is 5. The summed E-state index contributed by atoms with van der Waals surface area (Å²) in [7, 11) is 1.73. The van der Waals surface area contributed by atoms with Crippen molar-refractivity contribution in [1.82, 2.24) is 9.97 Å². The highest BCUT2D eigenvalue weighted by atomic mass is 32.2. The van der Waals surface area contributed by atoms with Crippen LogP contribution >= 0.6 is 23.1 Å². The van der Waals surface area contributed by atoms with Crippen molar-refractivity contribution >= 4 is 33.3 Å². The second-order valence-electron chi connectivity index (χ2n) is 5.28. The minimum Gasteiger partial charge on any atom is -0.384 e. The van der Waals surface area contributed by atoms with E-state index in [1.807, 2.05) is 0 Å². The molecule has 3 rings (SSSR count). The lowest BCUT2D eigenvalue weighted by Crippen LogP contribution is -1.93. The van der Waals surface area contributed by atoms with Gasteiger partial charge in [-0.1, -0.05) is 31.2 Å². The molecular weight excluding hydrogens is 324 g/mol. The van der Waals surface area contributed by atoms with Crippen LogP contribution in [0.4, 0.5) is 0 Å². The van der Waals surface area contributed by atoms with E-state index in [4.69, 9.17) is 4.74 Å². The molecule has 0 atom stereocenters. The Kier molecular flexibility index (Phi) is 5.30. The molecule has 0 saturated carbocycles. The molecule has 0 N–H and O–H groups in total. The van der Waals surface area contributed by atoms with E-state index in [0.717, 1.165) is 28.6 Å². The maximum atomic E-state index is 5.16. The van der Waals surface area contributed by atoms with E-state index in [1.54, 1.807) is 36.5 Å². The lowest BCUT2D eigenvalue weighted by Gasteiger charge is -2.07. The quantitative estimate of drug-likeness (QED) is 0.359. The molecular formula is C18H20N2OS2. The fourth-order valence-electron chi connectivity index (χ4n) is 2.60. The fraction of sp³-hybridized carbons (Fsp3) is 0.333. The van der Waals surface area contributed by atoms with Gasteiger partial charge in [0.1, 0.15) is 16.2 Å². The van der Waals surface area contributed by atoms with E-state index in [2.05, 4.69) is 48.1 Å². The second kappa shape index (κ2) is 7.43. The maximum absolute atomic E-state index is 5.16. The third-order valence-electron chi connectivity index (χ3n) is 3.81. The van der Waals surface area contributed by atoms with E-state index in [9.17, 15) is 0 Å². The van der Waals surface area contributed by atoms with Gasteiger partial charge in [0.2, 0.25) is 0 Å². The highest BCUT2D eigenvalue weighted by molar-refractivity contribution is 7.99. The molecule has 0 aliphatic rings. The summed E-state index contributed by atoms with van der Waals surface area (Å²) in [4.78, 5) is 11.3. The van der Waals surface area contributed by atoms with Gasteiger partial charge in [-0.2, -0.15) is 0 Å². The second-order valence-corrected chi connectivity index (χ2v) is 7.57. The van der Waals surface area contributed by atoms with Crippen LogP contribution in [0.2, 0.25) is 0 Å². The third-order valence-corrected chi connectivity index (χ3v) is 5.77. The molecule has 0 unspecified atom stereocenters. The number of ether oxygens (including phenoxy) is 1. The first kappa shape index (κ1) is 16.4. The summed E-state index contributed by atoms with van der Waals surface area (Å²) in [6, 6.07) is 8.84. The predicted octanol–water partition coefficient (Wildman–Crippen LogP) is 4.97. The van der Waals surface area contributed by atoms with E-state index in [1.165, 1.54) is 27.0 Å². The zero-order chi connectivity index (χ0) is 16.2. The van der Waals surface area contributed by atoms with Gasteiger partial charge < -0.3 is 4.74 Å². The minimum absolute atomic E-state index is 0.722. The molecule has 5 heteroatoms. The summed E-state index contributed by atoms with van der Waals surface area (Å²) in [5.74, 6) is 0.895. The van der Waals surface area contributed by atoms with E-state index >= 15 is 0 Å². The number of methoxy groups -OCH3 is 1. The largest absolute Gasteiger partial charge is 0.384 e. The first-order chi connectivity index (χ1) is 11.2. The third kappa shape index (κ3) is 3.42. The van der Waals surface area contributed by atoms with Gasteiger partial charge in [0.25, 0.3) is 0 Å². The van der Waals surface area contributed by atoms with Crippen molar-refractivity contribution in [3.8, 4) is 11.1 Å². The summed E-state index contributed by atoms with van der Waals surface area (Å²) >= 11 is 3.48. The highest BCUT2D eigenvalue weighted by Crippen LogP contribution is 2.41. The van der Waals surface area contributed by atoms with Crippen LogP contribution in [0, 0.1) is 6.92 Å². The lowest BCUT2D eigenvalue weighted by molar-refractivity contribution is 0.218. The molecule has 0 spiro atoms. The number of benzene rings is 1. The monoisotopic (exact) mass is 344 g/mol. The lowest BCUT2D eigenvalue weighted by atomic mass is 10.0. The Morgan fingerprint density at radius 2 is 1.96 bits per heavy atom. The molecule has 0 radical (unpaired) electrons. The Balaban J connectivity index is 2.09. The van der Waals surface area contributed by atoms with Crippen LogP contribution < -0.4 is 0 Å². The molecule has 3 nitrogen and oxygen atoms in total. The molecule has 0 amide bonds. The summed E-state index contributed by atoms with van der Waals surface area (Å²) < 4.78 is 5.16. The van der Waals surface area contributed by atoms with Gasteiger partial charge in [0.15, 0.2) is 0 Å². The van der Waals surface area contributed by atoms with Gasteiger partial charge >= 0.3 is 0 Å². The number of rotatable bonds is 6. The van der Waals surface area contributed by atoms with Crippen molar-refractivity contribution in [2.45, 2.75) is 25.3 Å². The average molecular weight is 345 g/mol. The van der Waals surface area contributed by atoms with Gasteiger partial charge in [-0.15, -0.1) is 23.1 Å². The van der Waals surface area contributed by atoms with Crippen molar-refractivity contribution in [3.05, 3.63) is 41.0 Å². The topological polar surface area (TPSA) is 35.0 Å². The fourth-order valence-corrected chi connectivity index (χ4v) is 4.59. The van der Waals surface area contributed by atoms with Crippen LogP contribution in [0.3, 0.4) is 0 Å². The molecule has 0 aliphatic heterocycles. The molecule has 120 valence electrons. The molecule has 1 aromatic carbocycles. The van der Waals surface area contributed by atoms with Crippen LogP contribution in [-0.4, -0.2) is 29.4 Å². The summed E-state index contributed by atoms with van der Waals surface area (Å²) in [5.41, 5.74) is 3.87. The molecule has 2 heterocycles. The van der Waals surface area contributed by atoms with Gasteiger partial charge in [-0.05, 0) is 24.5 Å². The summed E-state index contributed by atoms with van der Waals surface area (Å²) in [5, 5.41) is 2.23. The van der Waals surface area contributed by atoms with Crippen LogP contribution in [-0.2, 0) is 11.2 Å². The van der Waals surface area contributed by atoms with Crippen molar-refractivity contribution in [1.29, 1.82) is 0 Å². The van der Waals surface area contributed by atoms with E-state index in [-0.39, 0.29) is 0 Å². The predicted molar refractivity (Wildman–Crippen MR) is 99.6 cm³/mol.